The fourth-order valence-electron chi connectivity index (χ4n) is 2.02. The van der Waals surface area contributed by atoms with Crippen molar-refractivity contribution in [3.63, 3.8) is 0 Å². The first-order valence-electron chi connectivity index (χ1n) is 9.65. The predicted octanol–water partition coefficient (Wildman–Crippen LogP) is -0.305. The van der Waals surface area contributed by atoms with E-state index in [0.29, 0.717) is 59.3 Å². The molecule has 0 aliphatic heterocycles. The average molecular weight is 408 g/mol. The Kier molecular flexibility index (Phi) is 20.9. The molecule has 0 unspecified atom stereocenters. The maximum Gasteiger partial charge on any atom is 0.235 e. The van der Waals surface area contributed by atoms with Crippen molar-refractivity contribution in [2.24, 2.45) is 11.6 Å². The highest BCUT2D eigenvalue weighted by molar-refractivity contribution is 5.75. The Morgan fingerprint density at radius 1 is 0.679 bits per heavy atom. The molecule has 11 nitrogen and oxygen atoms in total. The maximum absolute atomic E-state index is 11.5. The number of hydrazine groups is 1. The molecule has 0 aromatic heterocycles. The van der Waals surface area contributed by atoms with Crippen LogP contribution >= 0.6 is 0 Å². The van der Waals surface area contributed by atoms with E-state index in [-0.39, 0.29) is 18.2 Å². The van der Waals surface area contributed by atoms with Crippen LogP contribution in [0.4, 0.5) is 0 Å². The van der Waals surface area contributed by atoms with Crippen LogP contribution in [0.5, 0.6) is 0 Å². The summed E-state index contributed by atoms with van der Waals surface area (Å²) in [6.07, 6.45) is 5.54. The summed E-state index contributed by atoms with van der Waals surface area (Å²) in [7, 11) is 0. The summed E-state index contributed by atoms with van der Waals surface area (Å²) in [5, 5.41) is 0. The van der Waals surface area contributed by atoms with Crippen molar-refractivity contribution in [3.05, 3.63) is 0 Å². The van der Waals surface area contributed by atoms with Gasteiger partial charge in [-0.25, -0.2) is 5.90 Å². The SMILES string of the molecule is NOCCCCCCCC(=O)NNOCCOCCOCCOCCC(N)=O. The van der Waals surface area contributed by atoms with Crippen LogP contribution in [0.2, 0.25) is 0 Å². The highest BCUT2D eigenvalue weighted by atomic mass is 16.7. The van der Waals surface area contributed by atoms with Crippen LogP contribution in [0.15, 0.2) is 0 Å². The van der Waals surface area contributed by atoms with E-state index in [1.54, 1.807) is 0 Å². The van der Waals surface area contributed by atoms with E-state index in [1.807, 2.05) is 0 Å². The van der Waals surface area contributed by atoms with E-state index in [9.17, 15) is 9.59 Å². The number of hydrogen-bond donors (Lipinski definition) is 4. The van der Waals surface area contributed by atoms with Gasteiger partial charge in [-0.05, 0) is 12.8 Å². The fraction of sp³-hybridized carbons (Fsp3) is 0.882. The summed E-state index contributed by atoms with van der Waals surface area (Å²) in [5.74, 6) is 4.44. The third-order valence-corrected chi connectivity index (χ3v) is 3.50. The van der Waals surface area contributed by atoms with E-state index in [0.717, 1.165) is 32.1 Å². The molecular formula is C17H36N4O7. The maximum atomic E-state index is 11.5. The first kappa shape index (κ1) is 26.7. The molecule has 0 fully saturated rings. The number of amides is 2. The van der Waals surface area contributed by atoms with Gasteiger partial charge in [0.1, 0.15) is 0 Å². The van der Waals surface area contributed by atoms with Gasteiger partial charge in [0.05, 0.1) is 52.9 Å². The third kappa shape index (κ3) is 22.7. The lowest BCUT2D eigenvalue weighted by atomic mass is 10.1. The first-order chi connectivity index (χ1) is 13.7. The molecule has 166 valence electrons. The molecule has 2 amide bonds. The van der Waals surface area contributed by atoms with Crippen LogP contribution in [0.3, 0.4) is 0 Å². The van der Waals surface area contributed by atoms with Crippen molar-refractivity contribution >= 4 is 11.8 Å². The van der Waals surface area contributed by atoms with Crippen molar-refractivity contribution in [1.82, 2.24) is 11.0 Å². The molecule has 0 saturated carbocycles. The van der Waals surface area contributed by atoms with Gasteiger partial charge in [0, 0.05) is 12.8 Å². The Labute approximate surface area is 166 Å². The molecule has 28 heavy (non-hydrogen) atoms. The smallest absolute Gasteiger partial charge is 0.235 e. The van der Waals surface area contributed by atoms with Gasteiger partial charge in [-0.3, -0.25) is 19.9 Å². The largest absolute Gasteiger partial charge is 0.379 e. The lowest BCUT2D eigenvalue weighted by molar-refractivity contribution is -0.128. The second kappa shape index (κ2) is 22.0. The Morgan fingerprint density at radius 2 is 1.25 bits per heavy atom. The molecule has 0 aromatic rings. The molecular weight excluding hydrogens is 372 g/mol. The van der Waals surface area contributed by atoms with Crippen LogP contribution in [0, 0.1) is 0 Å². The highest BCUT2D eigenvalue weighted by Gasteiger charge is 2.00. The number of nitrogens with two attached hydrogens (primary N) is 2. The second-order valence-electron chi connectivity index (χ2n) is 5.94. The van der Waals surface area contributed by atoms with Gasteiger partial charge in [0.15, 0.2) is 0 Å². The van der Waals surface area contributed by atoms with Crippen molar-refractivity contribution in [1.29, 1.82) is 0 Å². The Balaban J connectivity index is 3.14. The van der Waals surface area contributed by atoms with Gasteiger partial charge in [0.25, 0.3) is 0 Å². The summed E-state index contributed by atoms with van der Waals surface area (Å²) in [6.45, 7) is 3.23. The Bertz CT molecular complexity index is 375. The average Bonchev–Trinajstić information content (AvgIpc) is 2.67. The number of carbonyl (C=O) groups excluding carboxylic acids is 2. The molecule has 0 spiro atoms. The van der Waals surface area contributed by atoms with Crippen molar-refractivity contribution < 1.29 is 33.5 Å². The van der Waals surface area contributed by atoms with Crippen LogP contribution in [-0.4, -0.2) is 64.7 Å². The molecule has 0 aliphatic rings. The minimum atomic E-state index is -0.383. The van der Waals surface area contributed by atoms with E-state index < -0.39 is 0 Å². The number of unbranched alkanes of at least 4 members (excludes halogenated alkanes) is 4. The zero-order valence-corrected chi connectivity index (χ0v) is 16.6. The Morgan fingerprint density at radius 3 is 1.89 bits per heavy atom. The van der Waals surface area contributed by atoms with E-state index >= 15 is 0 Å². The van der Waals surface area contributed by atoms with Crippen molar-refractivity contribution in [2.75, 3.05) is 52.9 Å². The monoisotopic (exact) mass is 408 g/mol. The fourth-order valence-corrected chi connectivity index (χ4v) is 2.02. The number of hydrogen-bond acceptors (Lipinski definition) is 9. The molecule has 0 saturated heterocycles. The lowest BCUT2D eigenvalue weighted by Crippen LogP contribution is -2.37. The highest BCUT2D eigenvalue weighted by Crippen LogP contribution is 2.04. The minimum Gasteiger partial charge on any atom is -0.379 e. The summed E-state index contributed by atoms with van der Waals surface area (Å²) in [4.78, 5) is 31.5. The summed E-state index contributed by atoms with van der Waals surface area (Å²) in [5.41, 5.74) is 9.85. The molecule has 6 N–H and O–H groups in total. The number of nitrogens with one attached hydrogen (secondary N) is 2. The van der Waals surface area contributed by atoms with Gasteiger partial charge in [-0.15, -0.1) is 5.59 Å². The van der Waals surface area contributed by atoms with Gasteiger partial charge < -0.3 is 24.8 Å². The van der Waals surface area contributed by atoms with E-state index in [4.69, 9.17) is 30.7 Å². The van der Waals surface area contributed by atoms with Crippen LogP contribution in [-0.2, 0) is 33.5 Å². The zero-order chi connectivity index (χ0) is 20.7. The minimum absolute atomic E-state index is 0.113. The van der Waals surface area contributed by atoms with Crippen LogP contribution in [0.25, 0.3) is 0 Å². The lowest BCUT2D eigenvalue weighted by Gasteiger charge is -2.09. The van der Waals surface area contributed by atoms with Gasteiger partial charge in [-0.1, -0.05) is 19.3 Å². The zero-order valence-electron chi connectivity index (χ0n) is 16.6. The quantitative estimate of drug-likeness (QED) is 0.139. The third-order valence-electron chi connectivity index (χ3n) is 3.50. The molecule has 0 radical (unpaired) electrons. The second-order valence-corrected chi connectivity index (χ2v) is 5.94. The number of rotatable bonds is 22. The number of ether oxygens (including phenoxy) is 3. The van der Waals surface area contributed by atoms with Crippen molar-refractivity contribution in [2.45, 2.75) is 44.9 Å². The molecule has 0 bridgehead atoms. The van der Waals surface area contributed by atoms with Crippen LogP contribution < -0.4 is 22.6 Å². The molecule has 0 atom stereocenters. The molecule has 0 rings (SSSR count). The molecule has 0 heterocycles. The first-order valence-corrected chi connectivity index (χ1v) is 9.65. The Hall–Kier alpha value is -1.34. The van der Waals surface area contributed by atoms with Gasteiger partial charge >= 0.3 is 0 Å². The molecule has 0 aliphatic carbocycles. The number of carbonyl (C=O) groups is 2. The normalized spacial score (nSPS) is 10.9. The molecule has 11 heteroatoms. The van der Waals surface area contributed by atoms with E-state index in [2.05, 4.69) is 15.9 Å². The standard InChI is InChI=1S/C17H36N4O7/c18-16(22)7-9-24-10-11-25-12-13-26-14-15-28-21-20-17(23)6-4-2-1-3-5-8-27-19/h21H,1-15,19H2,(H2,18,22)(H,20,23). The number of primary amides is 1. The van der Waals surface area contributed by atoms with Crippen LogP contribution in [0.1, 0.15) is 44.9 Å². The van der Waals surface area contributed by atoms with Gasteiger partial charge in [0.2, 0.25) is 11.8 Å². The summed E-state index contributed by atoms with van der Waals surface area (Å²) < 4.78 is 15.7. The van der Waals surface area contributed by atoms with Crippen molar-refractivity contribution in [3.8, 4) is 0 Å². The predicted molar refractivity (Wildman–Crippen MR) is 101 cm³/mol. The van der Waals surface area contributed by atoms with Gasteiger partial charge in [-0.2, -0.15) is 0 Å². The summed E-state index contributed by atoms with van der Waals surface area (Å²) >= 11 is 0. The summed E-state index contributed by atoms with van der Waals surface area (Å²) in [6, 6.07) is 0. The molecule has 0 aromatic carbocycles. The van der Waals surface area contributed by atoms with E-state index in [1.165, 1.54) is 0 Å². The topological polar surface area (TPSA) is 156 Å².